The maximum atomic E-state index is 12.3. The molecule has 0 saturated carbocycles. The van der Waals surface area contributed by atoms with Crippen LogP contribution in [0, 0.1) is 11.7 Å². The number of H-pyrrole nitrogens is 1. The van der Waals surface area contributed by atoms with Crippen LogP contribution in [-0.4, -0.2) is 34.0 Å². The number of anilines is 1. The predicted molar refractivity (Wildman–Crippen MR) is 135 cm³/mol. The topological polar surface area (TPSA) is 93.2 Å². The van der Waals surface area contributed by atoms with E-state index in [-0.39, 0.29) is 12.5 Å². The normalized spacial score (nSPS) is 10.7. The lowest BCUT2D eigenvalue weighted by molar-refractivity contribution is -0.118. The standard InChI is InChI=1S/C23H28BrN5O3S/c1-4-6-20-27-28-23(33)29(20)25-13-16-11-18(24)22(19(12-16)31-5-2)32-14-21(30)26-17-9-7-15(3)8-10-17/h7-12,25H,4-6,13-14H2,1-3H3,(H,26,30)(H,28,33). The van der Waals surface area contributed by atoms with E-state index in [1.165, 1.54) is 0 Å². The van der Waals surface area contributed by atoms with Crippen molar-refractivity contribution < 1.29 is 14.3 Å². The number of benzene rings is 2. The minimum atomic E-state index is -0.253. The molecule has 0 radical (unpaired) electrons. The molecule has 0 aliphatic heterocycles. The summed E-state index contributed by atoms with van der Waals surface area (Å²) in [5.74, 6) is 1.63. The Hall–Kier alpha value is -2.85. The average Bonchev–Trinajstić information content (AvgIpc) is 3.13. The number of rotatable bonds is 11. The number of halogens is 1. The third kappa shape index (κ3) is 6.82. The highest BCUT2D eigenvalue weighted by Crippen LogP contribution is 2.37. The second-order valence-corrected chi connectivity index (χ2v) is 8.65. The van der Waals surface area contributed by atoms with Crippen molar-refractivity contribution in [3.05, 3.63) is 62.6 Å². The van der Waals surface area contributed by atoms with Crippen molar-refractivity contribution in [2.24, 2.45) is 0 Å². The SMILES string of the molecule is CCCc1n[nH]c(=S)n1NCc1cc(Br)c(OCC(=O)Nc2ccc(C)cc2)c(OCC)c1. The summed E-state index contributed by atoms with van der Waals surface area (Å²) in [5.41, 5.74) is 6.10. The highest BCUT2D eigenvalue weighted by molar-refractivity contribution is 9.10. The summed E-state index contributed by atoms with van der Waals surface area (Å²) in [5, 5.41) is 9.91. The van der Waals surface area contributed by atoms with Crippen LogP contribution < -0.4 is 20.2 Å². The van der Waals surface area contributed by atoms with Gasteiger partial charge in [0.05, 0.1) is 17.6 Å². The zero-order valence-electron chi connectivity index (χ0n) is 18.9. The molecule has 0 aliphatic carbocycles. The molecule has 0 bridgehead atoms. The Morgan fingerprint density at radius 2 is 1.97 bits per heavy atom. The molecular weight excluding hydrogens is 506 g/mol. The highest BCUT2D eigenvalue weighted by atomic mass is 79.9. The van der Waals surface area contributed by atoms with Crippen molar-refractivity contribution in [1.82, 2.24) is 14.9 Å². The summed E-state index contributed by atoms with van der Waals surface area (Å²) in [6, 6.07) is 11.4. The van der Waals surface area contributed by atoms with Crippen molar-refractivity contribution >= 4 is 39.7 Å². The maximum Gasteiger partial charge on any atom is 0.262 e. The second kappa shape index (κ2) is 11.9. The van der Waals surface area contributed by atoms with Gasteiger partial charge in [-0.3, -0.25) is 9.89 Å². The van der Waals surface area contributed by atoms with E-state index in [2.05, 4.69) is 43.8 Å². The first-order valence-corrected chi connectivity index (χ1v) is 12.0. The van der Waals surface area contributed by atoms with E-state index >= 15 is 0 Å². The number of amides is 1. The van der Waals surface area contributed by atoms with Crippen molar-refractivity contribution in [3.63, 3.8) is 0 Å². The lowest BCUT2D eigenvalue weighted by Crippen LogP contribution is -2.20. The average molecular weight is 534 g/mol. The molecule has 176 valence electrons. The van der Waals surface area contributed by atoms with Crippen LogP contribution in [0.2, 0.25) is 0 Å². The lowest BCUT2D eigenvalue weighted by Gasteiger charge is -2.16. The van der Waals surface area contributed by atoms with Gasteiger partial charge in [0.1, 0.15) is 0 Å². The smallest absolute Gasteiger partial charge is 0.262 e. The fourth-order valence-electron chi connectivity index (χ4n) is 3.15. The second-order valence-electron chi connectivity index (χ2n) is 7.41. The molecular formula is C23H28BrN5O3S. The summed E-state index contributed by atoms with van der Waals surface area (Å²) < 4.78 is 14.6. The number of aryl methyl sites for hydroxylation is 2. The van der Waals surface area contributed by atoms with Gasteiger partial charge >= 0.3 is 0 Å². The van der Waals surface area contributed by atoms with E-state index in [4.69, 9.17) is 21.7 Å². The Morgan fingerprint density at radius 1 is 1.21 bits per heavy atom. The molecule has 1 amide bonds. The number of carbonyl (C=O) groups excluding carboxylic acids is 1. The maximum absolute atomic E-state index is 12.3. The zero-order chi connectivity index (χ0) is 23.8. The van der Waals surface area contributed by atoms with Crippen molar-refractivity contribution in [3.8, 4) is 11.5 Å². The van der Waals surface area contributed by atoms with Crippen LogP contribution in [0.4, 0.5) is 5.69 Å². The molecule has 8 nitrogen and oxygen atoms in total. The first-order chi connectivity index (χ1) is 15.9. The van der Waals surface area contributed by atoms with Gasteiger partial charge in [0.15, 0.2) is 23.9 Å². The number of aromatic amines is 1. The molecule has 3 rings (SSSR count). The molecule has 0 spiro atoms. The van der Waals surface area contributed by atoms with Gasteiger partial charge in [-0.25, -0.2) is 4.68 Å². The van der Waals surface area contributed by atoms with Crippen molar-refractivity contribution in [1.29, 1.82) is 0 Å². The molecule has 0 atom stereocenters. The summed E-state index contributed by atoms with van der Waals surface area (Å²) in [6.45, 7) is 6.80. The van der Waals surface area contributed by atoms with Crippen LogP contribution in [0.5, 0.6) is 11.5 Å². The monoisotopic (exact) mass is 533 g/mol. The molecule has 10 heteroatoms. The fraction of sp³-hybridized carbons (Fsp3) is 0.348. The van der Waals surface area contributed by atoms with Gasteiger partial charge in [-0.05, 0) is 78.2 Å². The van der Waals surface area contributed by atoms with E-state index in [0.717, 1.165) is 35.5 Å². The minimum absolute atomic E-state index is 0.144. The summed E-state index contributed by atoms with van der Waals surface area (Å²) in [4.78, 5) is 12.3. The van der Waals surface area contributed by atoms with E-state index in [0.29, 0.717) is 33.9 Å². The Bertz CT molecular complexity index is 1140. The number of aromatic nitrogens is 3. The van der Waals surface area contributed by atoms with Crippen LogP contribution in [0.3, 0.4) is 0 Å². The molecule has 1 aromatic heterocycles. The van der Waals surface area contributed by atoms with Crippen LogP contribution in [0.25, 0.3) is 0 Å². The van der Waals surface area contributed by atoms with Crippen LogP contribution >= 0.6 is 28.1 Å². The fourth-order valence-corrected chi connectivity index (χ4v) is 3.97. The molecule has 0 aliphatic rings. The molecule has 3 aromatic rings. The number of nitrogens with zero attached hydrogens (tertiary/aromatic N) is 2. The number of nitrogens with one attached hydrogen (secondary N) is 3. The number of carbonyl (C=O) groups is 1. The van der Waals surface area contributed by atoms with Crippen LogP contribution in [0.15, 0.2) is 40.9 Å². The Kier molecular flexibility index (Phi) is 8.90. The van der Waals surface area contributed by atoms with Crippen LogP contribution in [-0.2, 0) is 17.8 Å². The van der Waals surface area contributed by atoms with Crippen LogP contribution in [0.1, 0.15) is 37.2 Å². The Morgan fingerprint density at radius 3 is 2.67 bits per heavy atom. The minimum Gasteiger partial charge on any atom is -0.490 e. The number of hydrogen-bond acceptors (Lipinski definition) is 6. The first-order valence-electron chi connectivity index (χ1n) is 10.8. The highest BCUT2D eigenvalue weighted by Gasteiger charge is 2.15. The van der Waals surface area contributed by atoms with E-state index < -0.39 is 0 Å². The van der Waals surface area contributed by atoms with Gasteiger partial charge in [-0.2, -0.15) is 5.10 Å². The van der Waals surface area contributed by atoms with Crippen molar-refractivity contribution in [2.45, 2.75) is 40.2 Å². The van der Waals surface area contributed by atoms with Gasteiger partial charge < -0.3 is 20.2 Å². The predicted octanol–water partition coefficient (Wildman–Crippen LogP) is 5.12. The van der Waals surface area contributed by atoms with Gasteiger partial charge in [0.25, 0.3) is 5.91 Å². The van der Waals surface area contributed by atoms with Gasteiger partial charge in [0.2, 0.25) is 4.77 Å². The zero-order valence-corrected chi connectivity index (χ0v) is 21.3. The summed E-state index contributed by atoms with van der Waals surface area (Å²) >= 11 is 8.87. The Labute approximate surface area is 206 Å². The number of hydrogen-bond donors (Lipinski definition) is 3. The first kappa shape index (κ1) is 24.8. The van der Waals surface area contributed by atoms with Crippen molar-refractivity contribution in [2.75, 3.05) is 24.0 Å². The molecule has 33 heavy (non-hydrogen) atoms. The molecule has 0 fully saturated rings. The molecule has 3 N–H and O–H groups in total. The largest absolute Gasteiger partial charge is 0.490 e. The van der Waals surface area contributed by atoms with E-state index in [1.807, 2.05) is 50.2 Å². The molecule has 2 aromatic carbocycles. The van der Waals surface area contributed by atoms with E-state index in [1.54, 1.807) is 4.68 Å². The third-order valence-electron chi connectivity index (χ3n) is 4.71. The van der Waals surface area contributed by atoms with Gasteiger partial charge in [0, 0.05) is 12.1 Å². The number of ether oxygens (including phenoxy) is 2. The Balaban J connectivity index is 1.69. The molecule has 0 unspecified atom stereocenters. The molecule has 0 saturated heterocycles. The van der Waals surface area contributed by atoms with Gasteiger partial charge in [-0.15, -0.1) is 0 Å². The summed E-state index contributed by atoms with van der Waals surface area (Å²) in [7, 11) is 0. The molecule has 1 heterocycles. The van der Waals surface area contributed by atoms with Gasteiger partial charge in [-0.1, -0.05) is 24.6 Å². The lowest BCUT2D eigenvalue weighted by atomic mass is 10.2. The summed E-state index contributed by atoms with van der Waals surface area (Å²) in [6.07, 6.45) is 1.77. The van der Waals surface area contributed by atoms with E-state index in [9.17, 15) is 4.79 Å². The third-order valence-corrected chi connectivity index (χ3v) is 5.57. The quantitative estimate of drug-likeness (QED) is 0.296.